The van der Waals surface area contributed by atoms with Gasteiger partial charge in [-0.2, -0.15) is 0 Å². The van der Waals surface area contributed by atoms with Gasteiger partial charge in [0, 0.05) is 13.1 Å². The van der Waals surface area contributed by atoms with Crippen LogP contribution in [0.25, 0.3) is 0 Å². The van der Waals surface area contributed by atoms with Crippen LogP contribution in [-0.2, 0) is 4.74 Å². The lowest BCUT2D eigenvalue weighted by Crippen LogP contribution is -2.33. The molecule has 1 saturated heterocycles. The summed E-state index contributed by atoms with van der Waals surface area (Å²) in [5.41, 5.74) is 2.05. The molecular weight excluding hydrogens is 250 g/mol. The number of nitrogens with one attached hydrogen (secondary N) is 1. The number of hydrogen-bond acceptors (Lipinski definition) is 3. The molecule has 0 bridgehead atoms. The molecule has 0 aliphatic carbocycles. The van der Waals surface area contributed by atoms with E-state index in [0.29, 0.717) is 17.4 Å². The van der Waals surface area contributed by atoms with Crippen molar-refractivity contribution in [3.63, 3.8) is 0 Å². The molecule has 1 atom stereocenters. The molecule has 0 radical (unpaired) electrons. The van der Waals surface area contributed by atoms with Crippen LogP contribution in [0.5, 0.6) is 5.75 Å². The lowest BCUT2D eigenvalue weighted by molar-refractivity contribution is 0.0277. The van der Waals surface area contributed by atoms with Crippen molar-refractivity contribution in [1.82, 2.24) is 5.32 Å². The molecule has 0 saturated carbocycles. The maximum absolute atomic E-state index is 6.20. The number of ether oxygens (including phenoxy) is 2. The van der Waals surface area contributed by atoms with Crippen molar-refractivity contribution in [2.75, 3.05) is 26.3 Å². The van der Waals surface area contributed by atoms with Crippen LogP contribution < -0.4 is 10.1 Å². The highest BCUT2D eigenvalue weighted by Crippen LogP contribution is 2.29. The molecule has 2 rings (SSSR count). The summed E-state index contributed by atoms with van der Waals surface area (Å²) in [5.74, 6) is 0.687. The first-order valence-electron chi connectivity index (χ1n) is 6.06. The third-order valence-electron chi connectivity index (χ3n) is 2.73. The fraction of sp³-hybridized carbons (Fsp3) is 0.429. The Balaban J connectivity index is 2.06. The second kappa shape index (κ2) is 6.23. The highest BCUT2D eigenvalue weighted by Gasteiger charge is 2.16. The monoisotopic (exact) mass is 267 g/mol. The van der Waals surface area contributed by atoms with Crippen molar-refractivity contribution in [3.8, 4) is 5.75 Å². The number of morpholine rings is 1. The standard InChI is InChI=1S/C14H18ClNO2/c1-10(2)9-18-13-4-3-11(7-12(13)15)14-8-16-5-6-17-14/h3-4,7,14,16H,1,5-6,8-9H2,2H3. The van der Waals surface area contributed by atoms with Gasteiger partial charge in [-0.05, 0) is 30.2 Å². The van der Waals surface area contributed by atoms with Gasteiger partial charge in [0.25, 0.3) is 0 Å². The molecule has 1 aromatic rings. The van der Waals surface area contributed by atoms with Gasteiger partial charge in [-0.1, -0.05) is 24.2 Å². The first-order chi connectivity index (χ1) is 8.66. The van der Waals surface area contributed by atoms with Gasteiger partial charge in [-0.3, -0.25) is 0 Å². The Hall–Kier alpha value is -1.03. The molecule has 3 nitrogen and oxygen atoms in total. The van der Waals surface area contributed by atoms with E-state index >= 15 is 0 Å². The smallest absolute Gasteiger partial charge is 0.138 e. The van der Waals surface area contributed by atoms with E-state index in [9.17, 15) is 0 Å². The Kier molecular flexibility index (Phi) is 4.64. The largest absolute Gasteiger partial charge is 0.488 e. The van der Waals surface area contributed by atoms with E-state index in [1.807, 2.05) is 25.1 Å². The van der Waals surface area contributed by atoms with Crippen LogP contribution in [0.1, 0.15) is 18.6 Å². The molecule has 18 heavy (non-hydrogen) atoms. The zero-order valence-corrected chi connectivity index (χ0v) is 11.3. The van der Waals surface area contributed by atoms with Crippen LogP contribution in [0.3, 0.4) is 0 Å². The molecule has 1 N–H and O–H groups in total. The second-order valence-electron chi connectivity index (χ2n) is 4.50. The van der Waals surface area contributed by atoms with Crippen LogP contribution in [0.15, 0.2) is 30.4 Å². The van der Waals surface area contributed by atoms with Gasteiger partial charge in [0.15, 0.2) is 0 Å². The van der Waals surface area contributed by atoms with E-state index in [-0.39, 0.29) is 6.10 Å². The zero-order chi connectivity index (χ0) is 13.0. The quantitative estimate of drug-likeness (QED) is 0.851. The number of halogens is 1. The molecule has 1 aliphatic heterocycles. The van der Waals surface area contributed by atoms with Crippen LogP contribution in [0.4, 0.5) is 0 Å². The summed E-state index contributed by atoms with van der Waals surface area (Å²) in [6.07, 6.45) is 0.0754. The Morgan fingerprint density at radius 1 is 1.61 bits per heavy atom. The van der Waals surface area contributed by atoms with E-state index in [2.05, 4.69) is 11.9 Å². The van der Waals surface area contributed by atoms with E-state index in [0.717, 1.165) is 30.8 Å². The second-order valence-corrected chi connectivity index (χ2v) is 4.91. The third kappa shape index (κ3) is 3.48. The predicted octanol–water partition coefficient (Wildman–Crippen LogP) is 2.96. The van der Waals surface area contributed by atoms with Gasteiger partial charge in [0.1, 0.15) is 12.4 Å². The van der Waals surface area contributed by atoms with Crippen LogP contribution in [-0.4, -0.2) is 26.3 Å². The molecular formula is C14H18ClNO2. The summed E-state index contributed by atoms with van der Waals surface area (Å²) < 4.78 is 11.2. The first-order valence-corrected chi connectivity index (χ1v) is 6.43. The highest BCUT2D eigenvalue weighted by atomic mass is 35.5. The summed E-state index contributed by atoms with van der Waals surface area (Å²) in [4.78, 5) is 0. The maximum atomic E-state index is 6.20. The summed E-state index contributed by atoms with van der Waals surface area (Å²) in [6.45, 7) is 8.66. The van der Waals surface area contributed by atoms with E-state index in [1.54, 1.807) is 0 Å². The minimum Gasteiger partial charge on any atom is -0.488 e. The number of rotatable bonds is 4. The van der Waals surface area contributed by atoms with Crippen molar-refractivity contribution < 1.29 is 9.47 Å². The van der Waals surface area contributed by atoms with Crippen LogP contribution in [0.2, 0.25) is 5.02 Å². The molecule has 1 fully saturated rings. The Labute approximate surface area is 113 Å². The van der Waals surface area contributed by atoms with Gasteiger partial charge < -0.3 is 14.8 Å². The normalized spacial score (nSPS) is 19.6. The fourth-order valence-electron chi connectivity index (χ4n) is 1.81. The Morgan fingerprint density at radius 3 is 3.06 bits per heavy atom. The predicted molar refractivity (Wildman–Crippen MR) is 73.3 cm³/mol. The summed E-state index contributed by atoms with van der Waals surface area (Å²) >= 11 is 6.20. The molecule has 1 aliphatic rings. The van der Waals surface area contributed by atoms with Gasteiger partial charge in [0.05, 0.1) is 17.7 Å². The minimum absolute atomic E-state index is 0.0754. The Bertz CT molecular complexity index is 428. The summed E-state index contributed by atoms with van der Waals surface area (Å²) in [7, 11) is 0. The summed E-state index contributed by atoms with van der Waals surface area (Å²) in [6, 6.07) is 5.79. The average Bonchev–Trinajstić information content (AvgIpc) is 2.38. The number of benzene rings is 1. The lowest BCUT2D eigenvalue weighted by Gasteiger charge is -2.24. The fourth-order valence-corrected chi connectivity index (χ4v) is 2.06. The molecule has 1 aromatic carbocycles. The van der Waals surface area contributed by atoms with Crippen molar-refractivity contribution in [3.05, 3.63) is 40.9 Å². The van der Waals surface area contributed by atoms with Crippen molar-refractivity contribution in [2.24, 2.45) is 0 Å². The molecule has 0 spiro atoms. The molecule has 0 aromatic heterocycles. The number of hydrogen-bond donors (Lipinski definition) is 1. The lowest BCUT2D eigenvalue weighted by atomic mass is 10.1. The van der Waals surface area contributed by atoms with E-state index in [4.69, 9.17) is 21.1 Å². The van der Waals surface area contributed by atoms with Gasteiger partial charge in [0.2, 0.25) is 0 Å². The molecule has 1 heterocycles. The molecule has 0 amide bonds. The highest BCUT2D eigenvalue weighted by molar-refractivity contribution is 6.32. The zero-order valence-electron chi connectivity index (χ0n) is 10.5. The SMILES string of the molecule is C=C(C)COc1ccc(C2CNCCO2)cc1Cl. The van der Waals surface area contributed by atoms with Gasteiger partial charge in [-0.15, -0.1) is 0 Å². The minimum atomic E-state index is 0.0754. The van der Waals surface area contributed by atoms with Crippen molar-refractivity contribution in [2.45, 2.75) is 13.0 Å². The van der Waals surface area contributed by atoms with E-state index in [1.165, 1.54) is 0 Å². The van der Waals surface area contributed by atoms with Crippen LogP contribution >= 0.6 is 11.6 Å². The van der Waals surface area contributed by atoms with E-state index < -0.39 is 0 Å². The molecule has 98 valence electrons. The average molecular weight is 268 g/mol. The van der Waals surface area contributed by atoms with Crippen molar-refractivity contribution in [1.29, 1.82) is 0 Å². The van der Waals surface area contributed by atoms with Gasteiger partial charge >= 0.3 is 0 Å². The van der Waals surface area contributed by atoms with Crippen LogP contribution in [0, 0.1) is 0 Å². The Morgan fingerprint density at radius 2 is 2.44 bits per heavy atom. The molecule has 4 heteroatoms. The topological polar surface area (TPSA) is 30.5 Å². The van der Waals surface area contributed by atoms with Crippen molar-refractivity contribution >= 4 is 11.6 Å². The maximum Gasteiger partial charge on any atom is 0.138 e. The first kappa shape index (κ1) is 13.4. The third-order valence-corrected chi connectivity index (χ3v) is 3.02. The van der Waals surface area contributed by atoms with Gasteiger partial charge in [-0.25, -0.2) is 0 Å². The molecule has 1 unspecified atom stereocenters. The summed E-state index contributed by atoms with van der Waals surface area (Å²) in [5, 5.41) is 3.91.